The summed E-state index contributed by atoms with van der Waals surface area (Å²) in [5.41, 5.74) is 2.47. The standard InChI is InChI=1S/C19H19BrN2O2S2/c1-12-9-10-15(14(20)11-12)21-18(24)16(19(25-2)26-3)22-17(23)13-7-5-4-6-8-13/h4-11H,1-3H3,(H,21,24)(H,22,23). The quantitative estimate of drug-likeness (QED) is 0.606. The van der Waals surface area contributed by atoms with E-state index in [4.69, 9.17) is 0 Å². The zero-order valence-corrected chi connectivity index (χ0v) is 17.8. The van der Waals surface area contributed by atoms with Gasteiger partial charge in [-0.05, 0) is 65.2 Å². The van der Waals surface area contributed by atoms with Crippen molar-refractivity contribution in [1.29, 1.82) is 0 Å². The van der Waals surface area contributed by atoms with Gasteiger partial charge in [-0.2, -0.15) is 0 Å². The lowest BCUT2D eigenvalue weighted by Gasteiger charge is -2.15. The van der Waals surface area contributed by atoms with E-state index in [-0.39, 0.29) is 17.5 Å². The second kappa shape index (κ2) is 9.85. The third kappa shape index (κ3) is 5.40. The predicted octanol–water partition coefficient (Wildman–Crippen LogP) is 5.02. The Morgan fingerprint density at radius 2 is 1.65 bits per heavy atom. The maximum Gasteiger partial charge on any atom is 0.273 e. The Morgan fingerprint density at radius 3 is 2.23 bits per heavy atom. The average Bonchev–Trinajstić information content (AvgIpc) is 2.64. The van der Waals surface area contributed by atoms with E-state index in [0.717, 1.165) is 14.3 Å². The third-order valence-corrected chi connectivity index (χ3v) is 6.26. The Bertz CT molecular complexity index is 833. The molecule has 0 saturated heterocycles. The molecule has 7 heteroatoms. The molecule has 0 aromatic heterocycles. The monoisotopic (exact) mass is 450 g/mol. The molecule has 0 radical (unpaired) electrons. The fourth-order valence-electron chi connectivity index (χ4n) is 2.17. The van der Waals surface area contributed by atoms with Crippen molar-refractivity contribution in [3.8, 4) is 0 Å². The van der Waals surface area contributed by atoms with Crippen LogP contribution < -0.4 is 10.6 Å². The van der Waals surface area contributed by atoms with Crippen molar-refractivity contribution in [2.45, 2.75) is 6.92 Å². The predicted molar refractivity (Wildman–Crippen MR) is 115 cm³/mol. The summed E-state index contributed by atoms with van der Waals surface area (Å²) in [7, 11) is 0. The van der Waals surface area contributed by atoms with Crippen LogP contribution in [0, 0.1) is 6.92 Å². The highest BCUT2D eigenvalue weighted by Gasteiger charge is 2.19. The number of hydrogen-bond acceptors (Lipinski definition) is 4. The van der Waals surface area contributed by atoms with Crippen molar-refractivity contribution >= 4 is 57.0 Å². The molecule has 2 amide bonds. The number of benzene rings is 2. The fourth-order valence-corrected chi connectivity index (χ4v) is 4.12. The molecule has 2 aromatic carbocycles. The van der Waals surface area contributed by atoms with E-state index in [1.54, 1.807) is 24.3 Å². The molecule has 4 nitrogen and oxygen atoms in total. The molecule has 26 heavy (non-hydrogen) atoms. The van der Waals surface area contributed by atoms with Gasteiger partial charge in [0.1, 0.15) is 5.70 Å². The largest absolute Gasteiger partial charge is 0.320 e. The van der Waals surface area contributed by atoms with Gasteiger partial charge >= 0.3 is 0 Å². The Labute approximate surface area is 170 Å². The van der Waals surface area contributed by atoms with E-state index in [9.17, 15) is 9.59 Å². The summed E-state index contributed by atoms with van der Waals surface area (Å²) in [6, 6.07) is 14.5. The van der Waals surface area contributed by atoms with Crippen LogP contribution in [0.2, 0.25) is 0 Å². The van der Waals surface area contributed by atoms with E-state index in [1.807, 2.05) is 43.7 Å². The van der Waals surface area contributed by atoms with Crippen molar-refractivity contribution in [2.24, 2.45) is 0 Å². The summed E-state index contributed by atoms with van der Waals surface area (Å²) < 4.78 is 1.52. The Balaban J connectivity index is 2.28. The average molecular weight is 451 g/mol. The lowest BCUT2D eigenvalue weighted by molar-refractivity contribution is -0.113. The van der Waals surface area contributed by atoms with E-state index < -0.39 is 0 Å². The van der Waals surface area contributed by atoms with Gasteiger partial charge < -0.3 is 10.6 Å². The van der Waals surface area contributed by atoms with Crippen molar-refractivity contribution < 1.29 is 9.59 Å². The van der Waals surface area contributed by atoms with Gasteiger partial charge in [0, 0.05) is 10.0 Å². The zero-order chi connectivity index (χ0) is 19.1. The van der Waals surface area contributed by atoms with Gasteiger partial charge in [-0.15, -0.1) is 23.5 Å². The van der Waals surface area contributed by atoms with Crippen molar-refractivity contribution in [1.82, 2.24) is 5.32 Å². The van der Waals surface area contributed by atoms with Gasteiger partial charge in [0.15, 0.2) is 0 Å². The first kappa shape index (κ1) is 20.6. The maximum atomic E-state index is 12.8. The highest BCUT2D eigenvalue weighted by Crippen LogP contribution is 2.29. The summed E-state index contributed by atoms with van der Waals surface area (Å²) in [5, 5.41) is 5.62. The van der Waals surface area contributed by atoms with Crippen LogP contribution in [0.5, 0.6) is 0 Å². The zero-order valence-electron chi connectivity index (χ0n) is 14.6. The lowest BCUT2D eigenvalue weighted by atomic mass is 10.2. The van der Waals surface area contributed by atoms with Gasteiger partial charge in [0.05, 0.1) is 9.92 Å². The van der Waals surface area contributed by atoms with Gasteiger partial charge in [-0.1, -0.05) is 24.3 Å². The summed E-state index contributed by atoms with van der Waals surface area (Å²) in [5.74, 6) is -0.683. The molecule has 2 N–H and O–H groups in total. The minimum atomic E-state index is -0.363. The first-order chi connectivity index (χ1) is 12.5. The minimum Gasteiger partial charge on any atom is -0.320 e. The normalized spacial score (nSPS) is 10.2. The maximum absolute atomic E-state index is 12.8. The molecule has 0 aliphatic rings. The molecule has 0 heterocycles. The number of halogens is 1. The molecule has 0 unspecified atom stereocenters. The fraction of sp³-hybridized carbons (Fsp3) is 0.158. The minimum absolute atomic E-state index is 0.242. The van der Waals surface area contributed by atoms with Gasteiger partial charge in [-0.25, -0.2) is 0 Å². The van der Waals surface area contributed by atoms with Crippen LogP contribution in [-0.4, -0.2) is 24.3 Å². The summed E-state index contributed by atoms with van der Waals surface area (Å²) in [6.07, 6.45) is 3.74. The van der Waals surface area contributed by atoms with Crippen LogP contribution in [-0.2, 0) is 4.79 Å². The van der Waals surface area contributed by atoms with Gasteiger partial charge in [0.2, 0.25) is 0 Å². The number of thioether (sulfide) groups is 2. The summed E-state index contributed by atoms with van der Waals surface area (Å²) >= 11 is 6.29. The van der Waals surface area contributed by atoms with E-state index in [1.165, 1.54) is 23.5 Å². The topological polar surface area (TPSA) is 58.2 Å². The van der Waals surface area contributed by atoms with Crippen molar-refractivity contribution in [2.75, 3.05) is 17.8 Å². The van der Waals surface area contributed by atoms with Crippen molar-refractivity contribution in [3.05, 3.63) is 74.1 Å². The van der Waals surface area contributed by atoms with Gasteiger partial charge in [-0.3, -0.25) is 9.59 Å². The van der Waals surface area contributed by atoms with Crippen LogP contribution >= 0.6 is 39.5 Å². The van der Waals surface area contributed by atoms with Crippen LogP contribution in [0.4, 0.5) is 5.69 Å². The molecule has 0 aliphatic heterocycles. The van der Waals surface area contributed by atoms with Crippen LogP contribution in [0.3, 0.4) is 0 Å². The first-order valence-electron chi connectivity index (χ1n) is 7.72. The third-order valence-electron chi connectivity index (χ3n) is 3.45. The highest BCUT2D eigenvalue weighted by molar-refractivity contribution is 9.10. The number of anilines is 1. The number of amides is 2. The number of nitrogens with one attached hydrogen (secondary N) is 2. The second-order valence-corrected chi connectivity index (χ2v) is 8.07. The lowest BCUT2D eigenvalue weighted by Crippen LogP contribution is -2.31. The SMILES string of the molecule is CSC(SC)=C(NC(=O)c1ccccc1)C(=O)Nc1ccc(C)cc1Br. The van der Waals surface area contributed by atoms with E-state index in [0.29, 0.717) is 11.3 Å². The number of hydrogen-bond donors (Lipinski definition) is 2. The molecule has 0 bridgehead atoms. The molecule has 0 saturated carbocycles. The van der Waals surface area contributed by atoms with E-state index >= 15 is 0 Å². The Hall–Kier alpha value is -1.70. The smallest absolute Gasteiger partial charge is 0.273 e. The molecule has 136 valence electrons. The van der Waals surface area contributed by atoms with Gasteiger partial charge in [0.25, 0.3) is 11.8 Å². The molecule has 0 spiro atoms. The van der Waals surface area contributed by atoms with E-state index in [2.05, 4.69) is 26.6 Å². The van der Waals surface area contributed by atoms with Crippen LogP contribution in [0.1, 0.15) is 15.9 Å². The number of aryl methyl sites for hydroxylation is 1. The summed E-state index contributed by atoms with van der Waals surface area (Å²) in [6.45, 7) is 1.97. The number of rotatable bonds is 6. The molecule has 2 rings (SSSR count). The summed E-state index contributed by atoms with van der Waals surface area (Å²) in [4.78, 5) is 25.4. The number of carbonyl (C=O) groups excluding carboxylic acids is 2. The Morgan fingerprint density at radius 1 is 1.00 bits per heavy atom. The van der Waals surface area contributed by atoms with Crippen LogP contribution in [0.15, 0.2) is 62.9 Å². The highest BCUT2D eigenvalue weighted by atomic mass is 79.9. The second-order valence-electron chi connectivity index (χ2n) is 5.33. The van der Waals surface area contributed by atoms with Crippen LogP contribution in [0.25, 0.3) is 0 Å². The molecule has 0 fully saturated rings. The number of carbonyl (C=O) groups is 2. The molecular weight excluding hydrogens is 432 g/mol. The molecule has 2 aromatic rings. The molecule has 0 aliphatic carbocycles. The Kier molecular flexibility index (Phi) is 7.81. The van der Waals surface area contributed by atoms with Crippen molar-refractivity contribution in [3.63, 3.8) is 0 Å². The molecular formula is C19H19BrN2O2S2. The molecule has 0 atom stereocenters. The first-order valence-corrected chi connectivity index (χ1v) is 11.0.